The summed E-state index contributed by atoms with van der Waals surface area (Å²) in [5.74, 6) is 0.479. The smallest absolute Gasteiger partial charge is 0.339 e. The summed E-state index contributed by atoms with van der Waals surface area (Å²) in [5.41, 5.74) is 3.00. The van der Waals surface area contributed by atoms with Crippen molar-refractivity contribution in [3.8, 4) is 5.75 Å². The summed E-state index contributed by atoms with van der Waals surface area (Å²) in [4.78, 5) is 26.9. The van der Waals surface area contributed by atoms with Crippen LogP contribution in [0.15, 0.2) is 21.3 Å². The molecule has 1 aromatic carbocycles. The third-order valence-electron chi connectivity index (χ3n) is 5.18. The van der Waals surface area contributed by atoms with Crippen LogP contribution < -0.4 is 15.7 Å². The molecule has 0 unspecified atom stereocenters. The monoisotopic (exact) mass is 386 g/mol. The molecule has 1 heterocycles. The van der Waals surface area contributed by atoms with Gasteiger partial charge in [-0.15, -0.1) is 0 Å². The molecular formula is C22H30N2O4. The van der Waals surface area contributed by atoms with Crippen molar-refractivity contribution in [2.75, 3.05) is 27.2 Å². The largest absolute Gasteiger partial charge is 0.480 e. The molecule has 0 radical (unpaired) electrons. The second kappa shape index (κ2) is 8.78. The van der Waals surface area contributed by atoms with Gasteiger partial charge in [0.15, 0.2) is 6.10 Å². The molecule has 1 amide bonds. The van der Waals surface area contributed by atoms with Gasteiger partial charge < -0.3 is 19.4 Å². The fourth-order valence-electron chi connectivity index (χ4n) is 3.75. The van der Waals surface area contributed by atoms with E-state index >= 15 is 0 Å². The Morgan fingerprint density at radius 1 is 1.25 bits per heavy atom. The molecule has 0 spiro atoms. The van der Waals surface area contributed by atoms with Gasteiger partial charge in [-0.2, -0.15) is 0 Å². The summed E-state index contributed by atoms with van der Waals surface area (Å²) in [6, 6.07) is 3.79. The molecule has 28 heavy (non-hydrogen) atoms. The first kappa shape index (κ1) is 20.4. The number of fused-ring (bicyclic) bond motifs is 3. The van der Waals surface area contributed by atoms with E-state index < -0.39 is 6.10 Å². The number of carbonyl (C=O) groups is 1. The molecule has 0 bridgehead atoms. The molecule has 0 fully saturated rings. The van der Waals surface area contributed by atoms with E-state index in [0.29, 0.717) is 17.9 Å². The Balaban J connectivity index is 1.84. The fourth-order valence-corrected chi connectivity index (χ4v) is 3.75. The first-order valence-corrected chi connectivity index (χ1v) is 10.0. The second-order valence-electron chi connectivity index (χ2n) is 7.90. The Labute approximate surface area is 165 Å². The van der Waals surface area contributed by atoms with Crippen molar-refractivity contribution in [2.24, 2.45) is 0 Å². The molecule has 1 aromatic heterocycles. The lowest BCUT2D eigenvalue weighted by Crippen LogP contribution is -2.37. The number of hydrogen-bond acceptors (Lipinski definition) is 5. The maximum atomic E-state index is 12.4. The molecule has 2 aromatic rings. The number of hydrogen-bond donors (Lipinski definition) is 1. The number of benzene rings is 1. The minimum absolute atomic E-state index is 0.139. The van der Waals surface area contributed by atoms with Crippen molar-refractivity contribution in [2.45, 2.75) is 52.1 Å². The van der Waals surface area contributed by atoms with E-state index in [-0.39, 0.29) is 11.5 Å². The molecule has 1 N–H and O–H groups in total. The number of amides is 1. The summed E-state index contributed by atoms with van der Waals surface area (Å²) >= 11 is 0. The predicted octanol–water partition coefficient (Wildman–Crippen LogP) is 2.82. The third kappa shape index (κ3) is 4.55. The van der Waals surface area contributed by atoms with Crippen LogP contribution in [0.4, 0.5) is 0 Å². The van der Waals surface area contributed by atoms with Gasteiger partial charge in [0.1, 0.15) is 11.3 Å². The van der Waals surface area contributed by atoms with Crippen LogP contribution in [0.5, 0.6) is 5.75 Å². The van der Waals surface area contributed by atoms with Gasteiger partial charge in [0, 0.05) is 12.1 Å². The highest BCUT2D eigenvalue weighted by atomic mass is 16.5. The van der Waals surface area contributed by atoms with E-state index in [4.69, 9.17) is 9.15 Å². The van der Waals surface area contributed by atoms with Gasteiger partial charge in [-0.1, -0.05) is 0 Å². The number of rotatable bonds is 7. The zero-order valence-electron chi connectivity index (χ0n) is 17.3. The lowest BCUT2D eigenvalue weighted by atomic mass is 9.90. The summed E-state index contributed by atoms with van der Waals surface area (Å²) in [5, 5.41) is 3.77. The van der Waals surface area contributed by atoms with Crippen LogP contribution >= 0.6 is 0 Å². The van der Waals surface area contributed by atoms with Crippen molar-refractivity contribution in [3.05, 3.63) is 39.2 Å². The highest BCUT2D eigenvalue weighted by Gasteiger charge is 2.23. The van der Waals surface area contributed by atoms with Crippen molar-refractivity contribution in [1.82, 2.24) is 10.2 Å². The highest BCUT2D eigenvalue weighted by Crippen LogP contribution is 2.35. The third-order valence-corrected chi connectivity index (χ3v) is 5.18. The molecule has 1 aliphatic carbocycles. The van der Waals surface area contributed by atoms with Crippen LogP contribution in [0, 0.1) is 6.92 Å². The Kier molecular flexibility index (Phi) is 6.39. The molecule has 6 heteroatoms. The average molecular weight is 386 g/mol. The summed E-state index contributed by atoms with van der Waals surface area (Å²) in [7, 11) is 4.02. The Morgan fingerprint density at radius 3 is 2.68 bits per heavy atom. The van der Waals surface area contributed by atoms with Crippen LogP contribution in [-0.4, -0.2) is 44.1 Å². The molecule has 1 atom stereocenters. The first-order valence-electron chi connectivity index (χ1n) is 10.0. The molecule has 0 aliphatic heterocycles. The number of nitrogens with zero attached hydrogens (tertiary/aromatic N) is 1. The Bertz CT molecular complexity index is 917. The van der Waals surface area contributed by atoms with E-state index in [9.17, 15) is 9.59 Å². The standard InChI is InChI=1S/C22H30N2O4/c1-14-12-18(27-15(2)21(25)23-10-7-11-24(3)4)20-16-8-5-6-9-17(16)22(26)28-19(20)13-14/h12-13,15H,5-11H2,1-4H3,(H,23,25)/t15-/m1/s1. The maximum Gasteiger partial charge on any atom is 0.339 e. The zero-order valence-corrected chi connectivity index (χ0v) is 17.3. The van der Waals surface area contributed by atoms with Gasteiger partial charge in [0.2, 0.25) is 0 Å². The lowest BCUT2D eigenvalue weighted by Gasteiger charge is -2.21. The number of aryl methyl sites for hydroxylation is 2. The van der Waals surface area contributed by atoms with Gasteiger partial charge in [0.25, 0.3) is 5.91 Å². The summed E-state index contributed by atoms with van der Waals surface area (Å²) < 4.78 is 11.7. The normalized spacial score (nSPS) is 14.8. The molecule has 152 valence electrons. The van der Waals surface area contributed by atoms with Gasteiger partial charge in [0.05, 0.1) is 5.39 Å². The van der Waals surface area contributed by atoms with E-state index in [1.165, 1.54) is 0 Å². The topological polar surface area (TPSA) is 71.8 Å². The van der Waals surface area contributed by atoms with Crippen molar-refractivity contribution in [1.29, 1.82) is 0 Å². The van der Waals surface area contributed by atoms with Crippen LogP contribution in [0.2, 0.25) is 0 Å². The van der Waals surface area contributed by atoms with E-state index in [1.807, 2.05) is 33.2 Å². The quantitative estimate of drug-likeness (QED) is 0.585. The summed E-state index contributed by atoms with van der Waals surface area (Å²) in [6.45, 7) is 5.21. The van der Waals surface area contributed by atoms with Crippen LogP contribution in [0.3, 0.4) is 0 Å². The fraction of sp³-hybridized carbons (Fsp3) is 0.545. The minimum Gasteiger partial charge on any atom is -0.480 e. The SMILES string of the molecule is Cc1cc(O[C@H](C)C(=O)NCCCN(C)C)c2c3c(c(=O)oc2c1)CCCC3. The first-order chi connectivity index (χ1) is 13.4. The van der Waals surface area contributed by atoms with Crippen LogP contribution in [-0.2, 0) is 17.6 Å². The van der Waals surface area contributed by atoms with Crippen molar-refractivity contribution >= 4 is 16.9 Å². The summed E-state index contributed by atoms with van der Waals surface area (Å²) in [6.07, 6.45) is 3.87. The molecule has 6 nitrogen and oxygen atoms in total. The zero-order chi connectivity index (χ0) is 20.3. The van der Waals surface area contributed by atoms with Crippen molar-refractivity contribution < 1.29 is 13.9 Å². The van der Waals surface area contributed by atoms with E-state index in [1.54, 1.807) is 6.92 Å². The molecule has 3 rings (SSSR count). The molecule has 0 saturated carbocycles. The number of nitrogens with one attached hydrogen (secondary N) is 1. The molecule has 1 aliphatic rings. The van der Waals surface area contributed by atoms with Gasteiger partial charge in [-0.05, 0) is 89.9 Å². The highest BCUT2D eigenvalue weighted by molar-refractivity contribution is 5.89. The Morgan fingerprint density at radius 2 is 1.96 bits per heavy atom. The second-order valence-corrected chi connectivity index (χ2v) is 7.90. The average Bonchev–Trinajstić information content (AvgIpc) is 2.64. The van der Waals surface area contributed by atoms with Gasteiger partial charge in [-0.3, -0.25) is 4.79 Å². The molecule has 0 saturated heterocycles. The van der Waals surface area contributed by atoms with Crippen LogP contribution in [0.1, 0.15) is 42.9 Å². The predicted molar refractivity (Wildman–Crippen MR) is 110 cm³/mol. The number of carbonyl (C=O) groups excluding carboxylic acids is 1. The van der Waals surface area contributed by atoms with Crippen LogP contribution in [0.25, 0.3) is 11.0 Å². The van der Waals surface area contributed by atoms with Crippen molar-refractivity contribution in [3.63, 3.8) is 0 Å². The minimum atomic E-state index is -0.629. The maximum absolute atomic E-state index is 12.4. The lowest BCUT2D eigenvalue weighted by molar-refractivity contribution is -0.127. The van der Waals surface area contributed by atoms with E-state index in [0.717, 1.165) is 60.7 Å². The molecular weight excluding hydrogens is 356 g/mol. The number of ether oxygens (including phenoxy) is 1. The van der Waals surface area contributed by atoms with E-state index in [2.05, 4.69) is 10.2 Å². The van der Waals surface area contributed by atoms with Gasteiger partial charge in [-0.25, -0.2) is 4.79 Å². The van der Waals surface area contributed by atoms with Gasteiger partial charge >= 0.3 is 5.63 Å². The Hall–Kier alpha value is -2.34.